The summed E-state index contributed by atoms with van der Waals surface area (Å²) in [7, 11) is 5.03. The molecule has 6 heteroatoms. The maximum Gasteiger partial charge on any atom is 0.325 e. The smallest absolute Gasteiger partial charge is 0.325 e. The van der Waals surface area contributed by atoms with Crippen LogP contribution in [-0.2, 0) is 14.3 Å². The fraction of sp³-hybridized carbons (Fsp3) is 0.389. The summed E-state index contributed by atoms with van der Waals surface area (Å²) in [6.07, 6.45) is 1.92. The van der Waals surface area contributed by atoms with Gasteiger partial charge in [-0.2, -0.15) is 0 Å². The molecule has 1 unspecified atom stereocenters. The lowest BCUT2D eigenvalue weighted by Gasteiger charge is -2.17. The first-order valence-corrected chi connectivity index (χ1v) is 7.55. The number of methoxy groups -OCH3 is 1. The first-order chi connectivity index (χ1) is 11.5. The fourth-order valence-corrected chi connectivity index (χ4v) is 1.96. The average molecular weight is 330 g/mol. The van der Waals surface area contributed by atoms with Crippen LogP contribution in [-0.4, -0.2) is 56.9 Å². The number of nitrogens with zero attached hydrogens (tertiary/aromatic N) is 1. The Morgan fingerprint density at radius 1 is 1.33 bits per heavy atom. The lowest BCUT2D eigenvalue weighted by molar-refractivity contribution is -0.139. The number of carbonyl (C=O) groups is 3. The Labute approximate surface area is 142 Å². The Kier molecular flexibility index (Phi) is 8.23. The topological polar surface area (TPSA) is 75.7 Å². The van der Waals surface area contributed by atoms with Gasteiger partial charge in [0.05, 0.1) is 18.7 Å². The molecule has 1 N–H and O–H groups in total. The van der Waals surface area contributed by atoms with E-state index >= 15 is 0 Å². The summed E-state index contributed by atoms with van der Waals surface area (Å²) >= 11 is 0. The summed E-state index contributed by atoms with van der Waals surface area (Å²) in [5.74, 6) is 5.18. The number of aldehydes is 1. The van der Waals surface area contributed by atoms with Gasteiger partial charge in [-0.3, -0.25) is 14.5 Å². The van der Waals surface area contributed by atoms with Crippen LogP contribution in [0.4, 0.5) is 0 Å². The van der Waals surface area contributed by atoms with Gasteiger partial charge < -0.3 is 14.8 Å². The minimum Gasteiger partial charge on any atom is -0.468 e. The average Bonchev–Trinajstić information content (AvgIpc) is 2.59. The fourth-order valence-electron chi connectivity index (χ4n) is 1.96. The first-order valence-electron chi connectivity index (χ1n) is 7.55. The second kappa shape index (κ2) is 10.2. The lowest BCUT2D eigenvalue weighted by atomic mass is 10.1. The molecule has 0 saturated heterocycles. The van der Waals surface area contributed by atoms with Crippen LogP contribution in [0.5, 0.6) is 0 Å². The van der Waals surface area contributed by atoms with Gasteiger partial charge in [-0.05, 0) is 32.6 Å². The van der Waals surface area contributed by atoms with Gasteiger partial charge in [-0.15, -0.1) is 0 Å². The maximum absolute atomic E-state index is 12.2. The monoisotopic (exact) mass is 330 g/mol. The third-order valence-corrected chi connectivity index (χ3v) is 3.35. The third kappa shape index (κ3) is 6.23. The zero-order valence-electron chi connectivity index (χ0n) is 14.2. The van der Waals surface area contributed by atoms with E-state index in [1.807, 2.05) is 19.0 Å². The Hall–Kier alpha value is -2.65. The minimum atomic E-state index is -0.520. The zero-order chi connectivity index (χ0) is 17.9. The SMILES string of the molecule is COC(=O)CNC(=O)c1ccccc1C#CC(CCC=O)N(C)C. The normalized spacial score (nSPS) is 11.2. The molecule has 1 amide bonds. The second-order valence-corrected chi connectivity index (χ2v) is 5.30. The van der Waals surface area contributed by atoms with E-state index in [0.29, 0.717) is 24.0 Å². The molecule has 0 heterocycles. The molecule has 0 aliphatic heterocycles. The van der Waals surface area contributed by atoms with Crippen molar-refractivity contribution in [1.82, 2.24) is 10.2 Å². The zero-order valence-corrected chi connectivity index (χ0v) is 14.2. The van der Waals surface area contributed by atoms with E-state index in [1.165, 1.54) is 7.11 Å². The number of ether oxygens (including phenoxy) is 1. The largest absolute Gasteiger partial charge is 0.468 e. The number of hydrogen-bond donors (Lipinski definition) is 1. The van der Waals surface area contributed by atoms with Crippen molar-refractivity contribution in [1.29, 1.82) is 0 Å². The number of benzene rings is 1. The number of hydrogen-bond acceptors (Lipinski definition) is 5. The Morgan fingerprint density at radius 3 is 2.67 bits per heavy atom. The molecule has 1 aromatic rings. The number of nitrogens with one attached hydrogen (secondary N) is 1. The van der Waals surface area contributed by atoms with E-state index in [-0.39, 0.29) is 18.5 Å². The molecule has 0 radical (unpaired) electrons. The number of rotatable bonds is 7. The summed E-state index contributed by atoms with van der Waals surface area (Å²) in [5.41, 5.74) is 0.958. The van der Waals surface area contributed by atoms with E-state index in [9.17, 15) is 14.4 Å². The molecule has 0 aromatic heterocycles. The molecule has 1 rings (SSSR count). The van der Waals surface area contributed by atoms with E-state index < -0.39 is 5.97 Å². The number of carbonyl (C=O) groups excluding carboxylic acids is 3. The third-order valence-electron chi connectivity index (χ3n) is 3.35. The summed E-state index contributed by atoms with van der Waals surface area (Å²) < 4.78 is 4.49. The standard InChI is InChI=1S/C18H22N2O4/c1-20(2)15(8-6-12-21)11-10-14-7-4-5-9-16(14)18(23)19-13-17(22)24-3/h4-5,7,9,12,15H,6,8,13H2,1-3H3,(H,19,23). The van der Waals surface area contributed by atoms with Crippen LogP contribution in [0.15, 0.2) is 24.3 Å². The molecular formula is C18H22N2O4. The molecule has 24 heavy (non-hydrogen) atoms. The van der Waals surface area contributed by atoms with Gasteiger partial charge in [0.1, 0.15) is 12.8 Å². The van der Waals surface area contributed by atoms with Crippen molar-refractivity contribution < 1.29 is 19.1 Å². The van der Waals surface area contributed by atoms with Crippen LogP contribution < -0.4 is 5.32 Å². The van der Waals surface area contributed by atoms with Crippen LogP contribution in [0.2, 0.25) is 0 Å². The molecule has 6 nitrogen and oxygen atoms in total. The van der Waals surface area contributed by atoms with E-state index in [1.54, 1.807) is 24.3 Å². The molecule has 128 valence electrons. The minimum absolute atomic E-state index is 0.0820. The van der Waals surface area contributed by atoms with Crippen LogP contribution in [0.25, 0.3) is 0 Å². The number of esters is 1. The summed E-state index contributed by atoms with van der Waals surface area (Å²) in [6, 6.07) is 6.83. The van der Waals surface area contributed by atoms with E-state index in [2.05, 4.69) is 21.9 Å². The Morgan fingerprint density at radius 2 is 2.04 bits per heavy atom. The van der Waals surface area contributed by atoms with Gasteiger partial charge in [-0.1, -0.05) is 24.0 Å². The van der Waals surface area contributed by atoms with Gasteiger partial charge in [0.15, 0.2) is 0 Å². The lowest BCUT2D eigenvalue weighted by Crippen LogP contribution is -2.30. The Bertz CT molecular complexity index is 644. The quantitative estimate of drug-likeness (QED) is 0.456. The number of amides is 1. The summed E-state index contributed by atoms with van der Waals surface area (Å²) in [4.78, 5) is 35.8. The highest BCUT2D eigenvalue weighted by atomic mass is 16.5. The van der Waals surface area contributed by atoms with E-state index in [4.69, 9.17) is 0 Å². The molecule has 0 aliphatic rings. The predicted octanol–water partition coefficient (Wildman–Crippen LogP) is 0.850. The molecule has 0 aliphatic carbocycles. The molecule has 0 spiro atoms. The van der Waals surface area contributed by atoms with E-state index in [0.717, 1.165) is 6.29 Å². The predicted molar refractivity (Wildman–Crippen MR) is 90.4 cm³/mol. The van der Waals surface area contributed by atoms with Crippen molar-refractivity contribution >= 4 is 18.2 Å². The maximum atomic E-state index is 12.2. The van der Waals surface area contributed by atoms with Gasteiger partial charge in [0.25, 0.3) is 5.91 Å². The van der Waals surface area contributed by atoms with Crippen LogP contribution in [0.1, 0.15) is 28.8 Å². The Balaban J connectivity index is 2.93. The molecule has 0 bridgehead atoms. The highest BCUT2D eigenvalue weighted by Gasteiger charge is 2.12. The molecule has 1 atom stereocenters. The van der Waals surface area contributed by atoms with Crippen LogP contribution in [0, 0.1) is 11.8 Å². The van der Waals surface area contributed by atoms with Crippen molar-refractivity contribution in [2.45, 2.75) is 18.9 Å². The van der Waals surface area contributed by atoms with Crippen molar-refractivity contribution in [3.05, 3.63) is 35.4 Å². The van der Waals surface area contributed by atoms with Gasteiger partial charge in [-0.25, -0.2) is 0 Å². The molecule has 0 fully saturated rings. The van der Waals surface area contributed by atoms with Crippen LogP contribution >= 0.6 is 0 Å². The van der Waals surface area contributed by atoms with Crippen molar-refractivity contribution in [3.8, 4) is 11.8 Å². The van der Waals surface area contributed by atoms with Crippen molar-refractivity contribution in [3.63, 3.8) is 0 Å². The molecule has 1 aromatic carbocycles. The summed E-state index contributed by atoms with van der Waals surface area (Å²) in [5, 5.41) is 2.50. The highest BCUT2D eigenvalue weighted by molar-refractivity contribution is 5.98. The molecular weight excluding hydrogens is 308 g/mol. The van der Waals surface area contributed by atoms with Crippen molar-refractivity contribution in [2.24, 2.45) is 0 Å². The first kappa shape index (κ1) is 19.4. The van der Waals surface area contributed by atoms with Crippen LogP contribution in [0.3, 0.4) is 0 Å². The van der Waals surface area contributed by atoms with Gasteiger partial charge >= 0.3 is 5.97 Å². The van der Waals surface area contributed by atoms with Crippen molar-refractivity contribution in [2.75, 3.05) is 27.7 Å². The summed E-state index contributed by atoms with van der Waals surface area (Å²) in [6.45, 7) is -0.198. The highest BCUT2D eigenvalue weighted by Crippen LogP contribution is 2.08. The second-order valence-electron chi connectivity index (χ2n) is 5.30. The van der Waals surface area contributed by atoms with Gasteiger partial charge in [0.2, 0.25) is 0 Å². The van der Waals surface area contributed by atoms with Gasteiger partial charge in [0, 0.05) is 12.0 Å². The molecule has 0 saturated carbocycles.